The highest BCUT2D eigenvalue weighted by Crippen LogP contribution is 2.34. The van der Waals surface area contributed by atoms with Gasteiger partial charge in [-0.2, -0.15) is 0 Å². The number of rotatable bonds is 2. The number of fused-ring (bicyclic) bond motifs is 1. The molecule has 0 aliphatic rings. The molecule has 1 N–H and O–H groups in total. The van der Waals surface area contributed by atoms with Gasteiger partial charge in [0.15, 0.2) is 5.82 Å². The van der Waals surface area contributed by atoms with Crippen molar-refractivity contribution in [3.8, 4) is 11.4 Å². The van der Waals surface area contributed by atoms with Gasteiger partial charge in [-0.25, -0.2) is 9.97 Å². The maximum atomic E-state index is 4.68. The number of nitrogens with zero attached hydrogens (tertiary/aromatic N) is 2. The van der Waals surface area contributed by atoms with Crippen LogP contribution in [-0.2, 0) is 0 Å². The first-order chi connectivity index (χ1) is 9.58. The molecule has 0 radical (unpaired) electrons. The molecule has 0 unspecified atom stereocenters. The van der Waals surface area contributed by atoms with Crippen molar-refractivity contribution in [1.29, 1.82) is 0 Å². The van der Waals surface area contributed by atoms with Crippen LogP contribution in [0.25, 0.3) is 22.3 Å². The molecule has 3 aromatic rings. The number of hydrogen-bond acceptors (Lipinski definition) is 4. The molecule has 2 aromatic heterocycles. The molecule has 1 aromatic carbocycles. The molecule has 102 valence electrons. The Morgan fingerprint density at radius 1 is 1.10 bits per heavy atom. The van der Waals surface area contributed by atoms with E-state index in [1.54, 1.807) is 11.3 Å². The lowest BCUT2D eigenvalue weighted by molar-refractivity contribution is 1.21. The van der Waals surface area contributed by atoms with Gasteiger partial charge in [0, 0.05) is 32.3 Å². The fourth-order valence-corrected chi connectivity index (χ4v) is 4.35. The molecule has 0 aliphatic carbocycles. The Kier molecular flexibility index (Phi) is 4.12. The number of anilines is 1. The molecule has 0 saturated heterocycles. The van der Waals surface area contributed by atoms with Gasteiger partial charge in [-0.1, -0.05) is 15.9 Å². The van der Waals surface area contributed by atoms with Gasteiger partial charge < -0.3 is 5.32 Å². The van der Waals surface area contributed by atoms with Crippen LogP contribution >= 0.6 is 59.1 Å². The van der Waals surface area contributed by atoms with E-state index in [0.717, 1.165) is 35.0 Å². The Morgan fingerprint density at radius 2 is 1.90 bits per heavy atom. The fraction of sp³-hybridized carbons (Fsp3) is 0.0769. The normalized spacial score (nSPS) is 11.0. The fourth-order valence-electron chi connectivity index (χ4n) is 1.90. The summed E-state index contributed by atoms with van der Waals surface area (Å²) in [5.74, 6) is 1.53. The first-order valence-electron chi connectivity index (χ1n) is 5.67. The van der Waals surface area contributed by atoms with Crippen LogP contribution in [0.3, 0.4) is 0 Å². The molecule has 3 nitrogen and oxygen atoms in total. The summed E-state index contributed by atoms with van der Waals surface area (Å²) in [6.07, 6.45) is 0. The van der Waals surface area contributed by atoms with E-state index < -0.39 is 0 Å². The molecule has 3 rings (SSSR count). The predicted octanol–water partition coefficient (Wildman–Crippen LogP) is 5.69. The van der Waals surface area contributed by atoms with E-state index in [9.17, 15) is 0 Å². The van der Waals surface area contributed by atoms with Gasteiger partial charge in [0.2, 0.25) is 0 Å². The Balaban J connectivity index is 2.31. The van der Waals surface area contributed by atoms with E-state index in [1.807, 2.05) is 30.6 Å². The van der Waals surface area contributed by atoms with Crippen molar-refractivity contribution in [2.24, 2.45) is 0 Å². The van der Waals surface area contributed by atoms with Crippen LogP contribution in [0, 0.1) is 0 Å². The van der Waals surface area contributed by atoms with E-state index in [-0.39, 0.29) is 0 Å². The number of thiophene rings is 1. The third kappa shape index (κ3) is 2.64. The van der Waals surface area contributed by atoms with Crippen molar-refractivity contribution < 1.29 is 0 Å². The SMILES string of the molecule is CNc1nc(-c2csc(Br)c2)nc2c(Br)cc(Br)cc12. The molecule has 20 heavy (non-hydrogen) atoms. The monoisotopic (exact) mass is 475 g/mol. The molecule has 2 heterocycles. The zero-order valence-corrected chi connectivity index (χ0v) is 15.8. The van der Waals surface area contributed by atoms with Crippen LogP contribution < -0.4 is 5.32 Å². The Morgan fingerprint density at radius 3 is 2.55 bits per heavy atom. The van der Waals surface area contributed by atoms with Crippen molar-refractivity contribution in [3.63, 3.8) is 0 Å². The highest BCUT2D eigenvalue weighted by atomic mass is 79.9. The van der Waals surface area contributed by atoms with Crippen LogP contribution in [-0.4, -0.2) is 17.0 Å². The van der Waals surface area contributed by atoms with Gasteiger partial charge in [0.05, 0.1) is 9.30 Å². The van der Waals surface area contributed by atoms with E-state index in [4.69, 9.17) is 0 Å². The molecule has 0 saturated carbocycles. The smallest absolute Gasteiger partial charge is 0.163 e. The zero-order chi connectivity index (χ0) is 14.3. The van der Waals surface area contributed by atoms with Crippen molar-refractivity contribution in [2.45, 2.75) is 0 Å². The number of nitrogens with one attached hydrogen (secondary N) is 1. The van der Waals surface area contributed by atoms with Gasteiger partial charge in [-0.15, -0.1) is 11.3 Å². The van der Waals surface area contributed by atoms with Gasteiger partial charge in [-0.3, -0.25) is 0 Å². The summed E-state index contributed by atoms with van der Waals surface area (Å²) in [5.41, 5.74) is 1.90. The standard InChI is InChI=1S/C13H8Br3N3S/c1-17-13-8-3-7(14)4-9(15)11(8)18-12(19-13)6-2-10(16)20-5-6/h2-5H,1H3,(H,17,18,19). The van der Waals surface area contributed by atoms with Crippen molar-refractivity contribution in [2.75, 3.05) is 12.4 Å². The van der Waals surface area contributed by atoms with E-state index >= 15 is 0 Å². The molecule has 0 bridgehead atoms. The zero-order valence-electron chi connectivity index (χ0n) is 10.2. The molecular formula is C13H8Br3N3S. The number of hydrogen-bond donors (Lipinski definition) is 1. The first-order valence-corrected chi connectivity index (χ1v) is 8.93. The van der Waals surface area contributed by atoms with Gasteiger partial charge in [0.25, 0.3) is 0 Å². The summed E-state index contributed by atoms with van der Waals surface area (Å²) in [7, 11) is 1.86. The Bertz CT molecular complexity index is 801. The second kappa shape index (κ2) is 5.71. The summed E-state index contributed by atoms with van der Waals surface area (Å²) in [6, 6.07) is 6.03. The Labute approximate surface area is 145 Å². The molecule has 0 amide bonds. The average molecular weight is 478 g/mol. The predicted molar refractivity (Wildman–Crippen MR) is 95.5 cm³/mol. The second-order valence-electron chi connectivity index (χ2n) is 4.07. The molecule has 0 atom stereocenters. The third-order valence-corrected chi connectivity index (χ3v) is 5.35. The van der Waals surface area contributed by atoms with Crippen LogP contribution in [0.15, 0.2) is 36.3 Å². The maximum absolute atomic E-state index is 4.68. The lowest BCUT2D eigenvalue weighted by Crippen LogP contribution is -1.98. The lowest BCUT2D eigenvalue weighted by Gasteiger charge is -2.09. The quantitative estimate of drug-likeness (QED) is 0.515. The van der Waals surface area contributed by atoms with Gasteiger partial charge >= 0.3 is 0 Å². The summed E-state index contributed by atoms with van der Waals surface area (Å²) in [4.78, 5) is 9.28. The van der Waals surface area contributed by atoms with Crippen LogP contribution in [0.2, 0.25) is 0 Å². The van der Waals surface area contributed by atoms with Crippen LogP contribution in [0.1, 0.15) is 0 Å². The summed E-state index contributed by atoms with van der Waals surface area (Å²) in [6.45, 7) is 0. The largest absolute Gasteiger partial charge is 0.373 e. The van der Waals surface area contributed by atoms with Gasteiger partial charge in [0.1, 0.15) is 5.82 Å². The average Bonchev–Trinajstić information content (AvgIpc) is 2.84. The van der Waals surface area contributed by atoms with Crippen molar-refractivity contribution in [1.82, 2.24) is 9.97 Å². The highest BCUT2D eigenvalue weighted by Gasteiger charge is 2.12. The topological polar surface area (TPSA) is 37.8 Å². The van der Waals surface area contributed by atoms with Crippen molar-refractivity contribution >= 4 is 75.8 Å². The summed E-state index contributed by atoms with van der Waals surface area (Å²) in [5, 5.41) is 6.16. The van der Waals surface area contributed by atoms with Crippen molar-refractivity contribution in [3.05, 3.63) is 36.3 Å². The van der Waals surface area contributed by atoms with Crippen LogP contribution in [0.4, 0.5) is 5.82 Å². The molecule has 0 spiro atoms. The number of benzene rings is 1. The van der Waals surface area contributed by atoms with E-state index in [2.05, 4.69) is 63.1 Å². The summed E-state index contributed by atoms with van der Waals surface area (Å²) < 4.78 is 3.00. The number of aromatic nitrogens is 2. The molecule has 0 fully saturated rings. The third-order valence-electron chi connectivity index (χ3n) is 2.78. The van der Waals surface area contributed by atoms with E-state index in [1.165, 1.54) is 0 Å². The Hall–Kier alpha value is -0.500. The molecule has 7 heteroatoms. The molecule has 0 aliphatic heterocycles. The van der Waals surface area contributed by atoms with Crippen LogP contribution in [0.5, 0.6) is 0 Å². The maximum Gasteiger partial charge on any atom is 0.163 e. The van der Waals surface area contributed by atoms with E-state index in [0.29, 0.717) is 5.82 Å². The first kappa shape index (κ1) is 14.4. The van der Waals surface area contributed by atoms with Gasteiger partial charge in [-0.05, 0) is 50.1 Å². The summed E-state index contributed by atoms with van der Waals surface area (Å²) >= 11 is 12.2. The molecular weight excluding hydrogens is 470 g/mol. The minimum absolute atomic E-state index is 0.715. The minimum atomic E-state index is 0.715. The number of halogens is 3. The second-order valence-corrected chi connectivity index (χ2v) is 8.13. The highest BCUT2D eigenvalue weighted by molar-refractivity contribution is 9.11. The lowest BCUT2D eigenvalue weighted by atomic mass is 10.2. The minimum Gasteiger partial charge on any atom is -0.373 e.